The third-order valence-corrected chi connectivity index (χ3v) is 3.38. The van der Waals surface area contributed by atoms with Crippen molar-refractivity contribution in [3.05, 3.63) is 58.1 Å². The minimum atomic E-state index is -0.308. The topological polar surface area (TPSA) is 59.3 Å². The maximum atomic E-state index is 12.4. The maximum absolute atomic E-state index is 12.4. The Morgan fingerprint density at radius 2 is 2.05 bits per heavy atom. The van der Waals surface area contributed by atoms with Crippen molar-refractivity contribution in [3.63, 3.8) is 0 Å². The van der Waals surface area contributed by atoms with Gasteiger partial charge in [-0.2, -0.15) is 0 Å². The molecule has 21 heavy (non-hydrogen) atoms. The van der Waals surface area contributed by atoms with Crippen molar-refractivity contribution in [2.45, 2.75) is 6.92 Å². The Bertz CT molecular complexity index is 844. The largest absolute Gasteiger partial charge is 0.305 e. The fraction of sp³-hybridized carbons (Fsp3) is 0.0714. The zero-order chi connectivity index (χ0) is 15.0. The lowest BCUT2D eigenvalue weighted by atomic mass is 10.3. The van der Waals surface area contributed by atoms with E-state index in [1.165, 1.54) is 0 Å². The molecule has 3 rings (SSSR count). The average molecular weight is 321 g/mol. The van der Waals surface area contributed by atoms with E-state index in [-0.39, 0.29) is 5.91 Å². The van der Waals surface area contributed by atoms with E-state index in [9.17, 15) is 4.79 Å². The van der Waals surface area contributed by atoms with Crippen molar-refractivity contribution in [1.29, 1.82) is 0 Å². The molecule has 7 heteroatoms. The van der Waals surface area contributed by atoms with E-state index < -0.39 is 0 Å². The van der Waals surface area contributed by atoms with Gasteiger partial charge in [0.1, 0.15) is 22.3 Å². The number of rotatable bonds is 2. The van der Waals surface area contributed by atoms with Gasteiger partial charge in [-0.1, -0.05) is 29.3 Å². The third-order valence-electron chi connectivity index (χ3n) is 2.93. The summed E-state index contributed by atoms with van der Waals surface area (Å²) in [6.07, 6.45) is 1.71. The molecule has 0 saturated carbocycles. The molecule has 1 amide bonds. The van der Waals surface area contributed by atoms with Crippen LogP contribution in [0.5, 0.6) is 0 Å². The van der Waals surface area contributed by atoms with Gasteiger partial charge in [0.25, 0.3) is 5.91 Å². The van der Waals surface area contributed by atoms with Gasteiger partial charge in [-0.3, -0.25) is 9.20 Å². The molecule has 0 fully saturated rings. The SMILES string of the molecule is Cc1nc2cc(Cl)ccn2c1C(=O)Nc1cccc(Cl)n1. The summed E-state index contributed by atoms with van der Waals surface area (Å²) >= 11 is 11.7. The van der Waals surface area contributed by atoms with Crippen LogP contribution in [0.4, 0.5) is 5.82 Å². The molecule has 0 aliphatic heterocycles. The van der Waals surface area contributed by atoms with Crippen molar-refractivity contribution in [2.75, 3.05) is 5.32 Å². The summed E-state index contributed by atoms with van der Waals surface area (Å²) in [5, 5.41) is 3.58. The Morgan fingerprint density at radius 1 is 1.24 bits per heavy atom. The van der Waals surface area contributed by atoms with Crippen molar-refractivity contribution in [2.24, 2.45) is 0 Å². The first kappa shape index (κ1) is 13.9. The van der Waals surface area contributed by atoms with Gasteiger partial charge in [0.2, 0.25) is 0 Å². The van der Waals surface area contributed by atoms with Crippen molar-refractivity contribution < 1.29 is 4.79 Å². The monoisotopic (exact) mass is 320 g/mol. The number of pyridine rings is 2. The number of fused-ring (bicyclic) bond motifs is 1. The number of hydrogen-bond donors (Lipinski definition) is 1. The molecule has 0 aliphatic carbocycles. The van der Waals surface area contributed by atoms with Crippen LogP contribution in [0.3, 0.4) is 0 Å². The van der Waals surface area contributed by atoms with Gasteiger partial charge in [0.15, 0.2) is 0 Å². The van der Waals surface area contributed by atoms with Gasteiger partial charge < -0.3 is 5.32 Å². The van der Waals surface area contributed by atoms with E-state index in [1.54, 1.807) is 47.9 Å². The lowest BCUT2D eigenvalue weighted by Gasteiger charge is -2.05. The first-order chi connectivity index (χ1) is 10.0. The fourth-order valence-electron chi connectivity index (χ4n) is 2.06. The van der Waals surface area contributed by atoms with Gasteiger partial charge in [-0.15, -0.1) is 0 Å². The van der Waals surface area contributed by atoms with Crippen LogP contribution in [0.15, 0.2) is 36.5 Å². The van der Waals surface area contributed by atoms with Gasteiger partial charge in [-0.05, 0) is 25.1 Å². The molecule has 106 valence electrons. The number of aryl methyl sites for hydroxylation is 1. The van der Waals surface area contributed by atoms with Gasteiger partial charge in [0, 0.05) is 17.3 Å². The molecular weight excluding hydrogens is 311 g/mol. The van der Waals surface area contributed by atoms with Crippen LogP contribution in [-0.2, 0) is 0 Å². The second-order valence-electron chi connectivity index (χ2n) is 4.42. The lowest BCUT2D eigenvalue weighted by Crippen LogP contribution is -2.16. The molecule has 5 nitrogen and oxygen atoms in total. The van der Waals surface area contributed by atoms with E-state index >= 15 is 0 Å². The number of nitrogens with one attached hydrogen (secondary N) is 1. The van der Waals surface area contributed by atoms with Crippen molar-refractivity contribution in [3.8, 4) is 0 Å². The minimum absolute atomic E-state index is 0.308. The van der Waals surface area contributed by atoms with E-state index in [0.29, 0.717) is 33.0 Å². The molecule has 3 aromatic rings. The standard InChI is InChI=1S/C14H10Cl2N4O/c1-8-13(20-6-5-9(15)7-12(20)17-8)14(21)19-11-4-2-3-10(16)18-11/h2-7H,1H3,(H,18,19,21). The van der Waals surface area contributed by atoms with E-state index in [0.717, 1.165) is 0 Å². The highest BCUT2D eigenvalue weighted by atomic mass is 35.5. The highest BCUT2D eigenvalue weighted by Crippen LogP contribution is 2.18. The van der Waals surface area contributed by atoms with Crippen LogP contribution in [0.2, 0.25) is 10.2 Å². The summed E-state index contributed by atoms with van der Waals surface area (Å²) in [5.41, 5.74) is 1.66. The zero-order valence-corrected chi connectivity index (χ0v) is 12.5. The molecule has 0 spiro atoms. The van der Waals surface area contributed by atoms with E-state index in [2.05, 4.69) is 15.3 Å². The maximum Gasteiger partial charge on any atom is 0.275 e. The van der Waals surface area contributed by atoms with Crippen LogP contribution < -0.4 is 5.32 Å². The number of halogens is 2. The Kier molecular flexibility index (Phi) is 3.53. The quantitative estimate of drug-likeness (QED) is 0.734. The first-order valence-electron chi connectivity index (χ1n) is 6.13. The predicted octanol–water partition coefficient (Wildman–Crippen LogP) is 3.60. The Hall–Kier alpha value is -2.11. The fourth-order valence-corrected chi connectivity index (χ4v) is 2.38. The summed E-state index contributed by atoms with van der Waals surface area (Å²) in [4.78, 5) is 20.8. The highest BCUT2D eigenvalue weighted by Gasteiger charge is 2.17. The average Bonchev–Trinajstić information content (AvgIpc) is 2.73. The molecule has 0 saturated heterocycles. The van der Waals surface area contributed by atoms with E-state index in [1.807, 2.05) is 0 Å². The second-order valence-corrected chi connectivity index (χ2v) is 5.24. The summed E-state index contributed by atoms with van der Waals surface area (Å²) in [7, 11) is 0. The molecule has 0 bridgehead atoms. The van der Waals surface area contributed by atoms with Crippen LogP contribution in [-0.4, -0.2) is 20.3 Å². The van der Waals surface area contributed by atoms with Crippen LogP contribution in [0.1, 0.15) is 16.2 Å². The van der Waals surface area contributed by atoms with Crippen LogP contribution in [0, 0.1) is 6.92 Å². The molecule has 3 aromatic heterocycles. The lowest BCUT2D eigenvalue weighted by molar-refractivity contribution is 0.102. The number of imidazole rings is 1. The van der Waals surface area contributed by atoms with Crippen LogP contribution >= 0.6 is 23.2 Å². The summed E-state index contributed by atoms with van der Waals surface area (Å²) in [6, 6.07) is 8.41. The first-order valence-corrected chi connectivity index (χ1v) is 6.88. The van der Waals surface area contributed by atoms with Crippen molar-refractivity contribution >= 4 is 40.6 Å². The molecule has 0 aliphatic rings. The third kappa shape index (κ3) is 2.70. The van der Waals surface area contributed by atoms with Gasteiger partial charge in [0.05, 0.1) is 5.69 Å². The van der Waals surface area contributed by atoms with Crippen LogP contribution in [0.25, 0.3) is 5.65 Å². The normalized spacial score (nSPS) is 10.8. The molecule has 0 atom stereocenters. The predicted molar refractivity (Wildman–Crippen MR) is 82.1 cm³/mol. The smallest absolute Gasteiger partial charge is 0.275 e. The number of hydrogen-bond acceptors (Lipinski definition) is 3. The molecule has 3 heterocycles. The zero-order valence-electron chi connectivity index (χ0n) is 11.0. The number of anilines is 1. The number of aromatic nitrogens is 3. The number of amides is 1. The Morgan fingerprint density at radius 3 is 2.81 bits per heavy atom. The minimum Gasteiger partial charge on any atom is -0.305 e. The second kappa shape index (κ2) is 5.35. The molecule has 0 radical (unpaired) electrons. The molecular formula is C14H10Cl2N4O. The highest BCUT2D eigenvalue weighted by molar-refractivity contribution is 6.30. The summed E-state index contributed by atoms with van der Waals surface area (Å²) < 4.78 is 1.68. The summed E-state index contributed by atoms with van der Waals surface area (Å²) in [6.45, 7) is 1.77. The molecule has 1 N–H and O–H groups in total. The summed E-state index contributed by atoms with van der Waals surface area (Å²) in [5.74, 6) is 0.0768. The number of nitrogens with zero attached hydrogens (tertiary/aromatic N) is 3. The van der Waals surface area contributed by atoms with Crippen molar-refractivity contribution in [1.82, 2.24) is 14.4 Å². The number of carbonyl (C=O) groups is 1. The molecule has 0 aromatic carbocycles. The van der Waals surface area contributed by atoms with Gasteiger partial charge in [-0.25, -0.2) is 9.97 Å². The van der Waals surface area contributed by atoms with E-state index in [4.69, 9.17) is 23.2 Å². The number of carbonyl (C=O) groups excluding carboxylic acids is 1. The Balaban J connectivity index is 2.00. The Labute approximate surface area is 130 Å². The van der Waals surface area contributed by atoms with Gasteiger partial charge >= 0.3 is 0 Å². The molecule has 0 unspecified atom stereocenters.